The lowest BCUT2D eigenvalue weighted by molar-refractivity contribution is -0.125. The van der Waals surface area contributed by atoms with E-state index in [4.69, 9.17) is 0 Å². The second kappa shape index (κ2) is 9.71. The molecule has 1 amide bonds. The number of likely N-dealkylation sites (tertiary alicyclic amines) is 1. The van der Waals surface area contributed by atoms with Gasteiger partial charge in [0.05, 0.1) is 0 Å². The van der Waals surface area contributed by atoms with Gasteiger partial charge in [0.25, 0.3) is 0 Å². The van der Waals surface area contributed by atoms with Crippen LogP contribution in [0, 0.1) is 0 Å². The first kappa shape index (κ1) is 14.2. The summed E-state index contributed by atoms with van der Waals surface area (Å²) in [6, 6.07) is 12.0. The Hall–Kier alpha value is -1.83. The maximum absolute atomic E-state index is 10.7. The molecule has 1 aliphatic rings. The lowest BCUT2D eigenvalue weighted by atomic mass is 10.4. The molecule has 0 radical (unpaired) electrons. The zero-order valence-corrected chi connectivity index (χ0v) is 9.64. The zero-order chi connectivity index (χ0) is 12.2. The van der Waals surface area contributed by atoms with Gasteiger partial charge in [0, 0.05) is 13.0 Å². The molecule has 86 valence electrons. The van der Waals surface area contributed by atoms with Crippen molar-refractivity contribution in [2.24, 2.45) is 0 Å². The number of carbonyl (C=O) groups is 1. The number of carbonyl (C=O) groups excluding carboxylic acids is 1. The van der Waals surface area contributed by atoms with E-state index in [1.165, 1.54) is 0 Å². The van der Waals surface area contributed by atoms with Crippen molar-refractivity contribution in [3.05, 3.63) is 62.3 Å². The van der Waals surface area contributed by atoms with E-state index in [9.17, 15) is 4.79 Å². The van der Waals surface area contributed by atoms with E-state index < -0.39 is 0 Å². The van der Waals surface area contributed by atoms with Crippen molar-refractivity contribution in [1.29, 1.82) is 0 Å². The van der Waals surface area contributed by atoms with Crippen LogP contribution in [0.5, 0.6) is 0 Å². The van der Waals surface area contributed by atoms with Gasteiger partial charge in [-0.25, -0.2) is 0 Å². The van der Waals surface area contributed by atoms with E-state index >= 15 is 0 Å². The Labute approximate surface area is 97.9 Å². The van der Waals surface area contributed by atoms with Gasteiger partial charge >= 0.3 is 0 Å². The zero-order valence-electron chi connectivity index (χ0n) is 9.64. The third kappa shape index (κ3) is 5.81. The van der Waals surface area contributed by atoms with Gasteiger partial charge in [0.15, 0.2) is 0 Å². The standard InChI is InChI=1S/C6H9NO.C6H6.C2H4/c1-2-7-5-3-4-6(7)8;1-2-4-6-5-3-1;1-2/h2H,1,3-5H2;1-6H;1-2H2. The van der Waals surface area contributed by atoms with Crippen LogP contribution in [-0.2, 0) is 4.79 Å². The van der Waals surface area contributed by atoms with Crippen LogP contribution in [0.2, 0.25) is 0 Å². The summed E-state index contributed by atoms with van der Waals surface area (Å²) in [5, 5.41) is 0. The molecule has 0 N–H and O–H groups in total. The van der Waals surface area contributed by atoms with Gasteiger partial charge in [-0.2, -0.15) is 0 Å². The van der Waals surface area contributed by atoms with Crippen LogP contribution in [-0.4, -0.2) is 17.4 Å². The highest BCUT2D eigenvalue weighted by atomic mass is 16.2. The molecular formula is C14H19NO. The lowest BCUT2D eigenvalue weighted by Gasteiger charge is -2.05. The topological polar surface area (TPSA) is 20.3 Å². The number of hydrogen-bond donors (Lipinski definition) is 0. The summed E-state index contributed by atoms with van der Waals surface area (Å²) in [6.45, 7) is 10.4. The second-order valence-electron chi connectivity index (χ2n) is 3.03. The van der Waals surface area contributed by atoms with Gasteiger partial charge in [-0.05, 0) is 12.6 Å². The minimum Gasteiger partial charge on any atom is -0.320 e. The van der Waals surface area contributed by atoms with Crippen LogP contribution in [0.3, 0.4) is 0 Å². The van der Waals surface area contributed by atoms with Gasteiger partial charge < -0.3 is 4.90 Å². The van der Waals surface area contributed by atoms with E-state index in [2.05, 4.69) is 19.7 Å². The molecule has 2 heteroatoms. The molecule has 0 atom stereocenters. The Bertz CT molecular complexity index is 268. The summed E-state index contributed by atoms with van der Waals surface area (Å²) >= 11 is 0. The second-order valence-corrected chi connectivity index (χ2v) is 3.03. The Morgan fingerprint density at radius 2 is 1.50 bits per heavy atom. The Morgan fingerprint density at radius 3 is 1.69 bits per heavy atom. The first-order valence-corrected chi connectivity index (χ1v) is 5.26. The predicted octanol–water partition coefficient (Wildman–Crippen LogP) is 3.24. The molecule has 2 rings (SSSR count). The minimum absolute atomic E-state index is 0.208. The van der Waals surface area contributed by atoms with Crippen molar-refractivity contribution in [3.8, 4) is 0 Å². The summed E-state index contributed by atoms with van der Waals surface area (Å²) in [5.41, 5.74) is 0. The van der Waals surface area contributed by atoms with E-state index in [0.717, 1.165) is 13.0 Å². The maximum Gasteiger partial charge on any atom is 0.226 e. The average molecular weight is 217 g/mol. The van der Waals surface area contributed by atoms with Gasteiger partial charge in [-0.1, -0.05) is 43.0 Å². The van der Waals surface area contributed by atoms with Crippen LogP contribution in [0.15, 0.2) is 62.3 Å². The van der Waals surface area contributed by atoms with Gasteiger partial charge in [-0.15, -0.1) is 13.2 Å². The Kier molecular flexibility index (Phi) is 8.60. The summed E-state index contributed by atoms with van der Waals surface area (Å²) in [7, 11) is 0. The molecule has 0 bridgehead atoms. The molecular weight excluding hydrogens is 198 g/mol. The molecule has 0 spiro atoms. The normalized spacial score (nSPS) is 13.0. The SMILES string of the molecule is C=C.C=CN1CCCC1=O.c1ccccc1. The quantitative estimate of drug-likeness (QED) is 0.661. The fourth-order valence-electron chi connectivity index (χ4n) is 1.25. The van der Waals surface area contributed by atoms with E-state index in [1.807, 2.05) is 36.4 Å². The van der Waals surface area contributed by atoms with Crippen molar-refractivity contribution in [3.63, 3.8) is 0 Å². The number of benzene rings is 1. The van der Waals surface area contributed by atoms with Crippen LogP contribution in [0.1, 0.15) is 12.8 Å². The molecule has 0 aromatic heterocycles. The third-order valence-electron chi connectivity index (χ3n) is 2.00. The van der Waals surface area contributed by atoms with Crippen molar-refractivity contribution in [1.82, 2.24) is 4.90 Å². The predicted molar refractivity (Wildman–Crippen MR) is 68.8 cm³/mol. The molecule has 1 fully saturated rings. The summed E-state index contributed by atoms with van der Waals surface area (Å²) in [5.74, 6) is 0.208. The Balaban J connectivity index is 0.000000251. The fraction of sp³-hybridized carbons (Fsp3) is 0.214. The highest BCUT2D eigenvalue weighted by Gasteiger charge is 2.15. The number of hydrogen-bond acceptors (Lipinski definition) is 1. The highest BCUT2D eigenvalue weighted by Crippen LogP contribution is 2.08. The molecule has 1 saturated heterocycles. The average Bonchev–Trinajstić information content (AvgIpc) is 2.80. The van der Waals surface area contributed by atoms with Crippen molar-refractivity contribution >= 4 is 5.91 Å². The fourth-order valence-corrected chi connectivity index (χ4v) is 1.25. The minimum atomic E-state index is 0.208. The van der Waals surface area contributed by atoms with Gasteiger partial charge in [-0.3, -0.25) is 4.79 Å². The van der Waals surface area contributed by atoms with E-state index in [0.29, 0.717) is 6.42 Å². The van der Waals surface area contributed by atoms with Gasteiger partial charge in [0.1, 0.15) is 0 Å². The molecule has 2 nitrogen and oxygen atoms in total. The molecule has 0 unspecified atom stereocenters. The number of rotatable bonds is 1. The molecule has 1 aromatic carbocycles. The summed E-state index contributed by atoms with van der Waals surface area (Å²) in [6.07, 6.45) is 3.28. The van der Waals surface area contributed by atoms with Crippen molar-refractivity contribution in [2.75, 3.05) is 6.54 Å². The summed E-state index contributed by atoms with van der Waals surface area (Å²) < 4.78 is 0. The summed E-state index contributed by atoms with van der Waals surface area (Å²) in [4.78, 5) is 12.3. The van der Waals surface area contributed by atoms with Gasteiger partial charge in [0.2, 0.25) is 5.91 Å². The van der Waals surface area contributed by atoms with Crippen molar-refractivity contribution < 1.29 is 4.79 Å². The smallest absolute Gasteiger partial charge is 0.226 e. The van der Waals surface area contributed by atoms with Crippen LogP contribution < -0.4 is 0 Å². The Morgan fingerprint density at radius 1 is 1.06 bits per heavy atom. The third-order valence-corrected chi connectivity index (χ3v) is 2.00. The molecule has 0 saturated carbocycles. The van der Waals surface area contributed by atoms with Crippen LogP contribution in [0.4, 0.5) is 0 Å². The van der Waals surface area contributed by atoms with Crippen LogP contribution >= 0.6 is 0 Å². The van der Waals surface area contributed by atoms with E-state index in [1.54, 1.807) is 11.1 Å². The molecule has 1 aliphatic heterocycles. The number of nitrogens with zero attached hydrogens (tertiary/aromatic N) is 1. The molecule has 0 aliphatic carbocycles. The number of amides is 1. The molecule has 1 heterocycles. The first-order valence-electron chi connectivity index (χ1n) is 5.26. The van der Waals surface area contributed by atoms with E-state index in [-0.39, 0.29) is 5.91 Å². The molecule has 1 aromatic rings. The van der Waals surface area contributed by atoms with Crippen LogP contribution in [0.25, 0.3) is 0 Å². The monoisotopic (exact) mass is 217 g/mol. The molecule has 16 heavy (non-hydrogen) atoms. The first-order chi connectivity index (χ1) is 7.84. The highest BCUT2D eigenvalue weighted by molar-refractivity contribution is 5.78. The lowest BCUT2D eigenvalue weighted by Crippen LogP contribution is -2.16. The maximum atomic E-state index is 10.7. The van der Waals surface area contributed by atoms with Crippen molar-refractivity contribution in [2.45, 2.75) is 12.8 Å². The largest absolute Gasteiger partial charge is 0.320 e.